The number of hydrogen-bond acceptors (Lipinski definition) is 5. The van der Waals surface area contributed by atoms with Crippen LogP contribution in [0.3, 0.4) is 0 Å². The first-order valence-electron chi connectivity index (χ1n) is 9.31. The summed E-state index contributed by atoms with van der Waals surface area (Å²) in [6.45, 7) is 8.30. The molecule has 6 nitrogen and oxygen atoms in total. The summed E-state index contributed by atoms with van der Waals surface area (Å²) in [5.74, 6) is 0.761. The van der Waals surface area contributed by atoms with Gasteiger partial charge in [0, 0.05) is 38.1 Å². The molecule has 140 valence electrons. The van der Waals surface area contributed by atoms with E-state index in [0.29, 0.717) is 11.3 Å². The van der Waals surface area contributed by atoms with Crippen molar-refractivity contribution in [3.05, 3.63) is 41.9 Å². The molecule has 0 radical (unpaired) electrons. The van der Waals surface area contributed by atoms with E-state index in [1.165, 1.54) is 19.3 Å². The topological polar surface area (TPSA) is 64.3 Å². The fourth-order valence-corrected chi connectivity index (χ4v) is 3.31. The number of nitrogens with one attached hydrogen (secondary N) is 2. The highest BCUT2D eigenvalue weighted by Gasteiger charge is 2.26. The Kier molecular flexibility index (Phi) is 5.32. The van der Waals surface area contributed by atoms with E-state index in [-0.39, 0.29) is 11.3 Å². The van der Waals surface area contributed by atoms with Crippen molar-refractivity contribution < 1.29 is 4.79 Å². The first kappa shape index (κ1) is 18.5. The van der Waals surface area contributed by atoms with Crippen molar-refractivity contribution in [3.8, 4) is 0 Å². The van der Waals surface area contributed by atoms with Crippen molar-refractivity contribution in [2.75, 3.05) is 30.5 Å². The molecular formula is C20H29N5O. The van der Waals surface area contributed by atoms with Gasteiger partial charge in [-0.3, -0.25) is 9.80 Å². The summed E-state index contributed by atoms with van der Waals surface area (Å²) in [7, 11) is 2.03. The van der Waals surface area contributed by atoms with E-state index >= 15 is 0 Å². The average Bonchev–Trinajstić information content (AvgIpc) is 3.15. The van der Waals surface area contributed by atoms with Crippen LogP contribution >= 0.6 is 0 Å². The SMILES string of the molecule is CN(c1nccc(C(=O)c2ccc[nH]2)c1NC(C)(C)C)N1CCCCC1. The van der Waals surface area contributed by atoms with Crippen LogP contribution in [0.2, 0.25) is 0 Å². The monoisotopic (exact) mass is 355 g/mol. The zero-order valence-electron chi connectivity index (χ0n) is 16.2. The number of hydrogen-bond donors (Lipinski definition) is 2. The summed E-state index contributed by atoms with van der Waals surface area (Å²) in [5.41, 5.74) is 1.81. The Morgan fingerprint density at radius 2 is 1.96 bits per heavy atom. The molecule has 0 aliphatic carbocycles. The van der Waals surface area contributed by atoms with Crippen LogP contribution in [0, 0.1) is 0 Å². The predicted octanol–water partition coefficient (Wildman–Crippen LogP) is 3.69. The lowest BCUT2D eigenvalue weighted by Crippen LogP contribution is -2.44. The van der Waals surface area contributed by atoms with Crippen LogP contribution in [0.5, 0.6) is 0 Å². The van der Waals surface area contributed by atoms with Gasteiger partial charge in [0.25, 0.3) is 0 Å². The number of pyridine rings is 1. The molecule has 0 aromatic carbocycles. The lowest BCUT2D eigenvalue weighted by Gasteiger charge is -2.37. The normalized spacial score (nSPS) is 15.7. The molecule has 6 heteroatoms. The third-order valence-corrected chi connectivity index (χ3v) is 4.58. The Hall–Kier alpha value is -2.34. The Labute approximate surface area is 155 Å². The molecule has 0 amide bonds. The molecule has 1 aliphatic rings. The molecule has 0 atom stereocenters. The zero-order chi connectivity index (χ0) is 18.7. The van der Waals surface area contributed by atoms with E-state index in [1.807, 2.05) is 13.1 Å². The molecule has 2 N–H and O–H groups in total. The Bertz CT molecular complexity index is 742. The van der Waals surface area contributed by atoms with Crippen LogP contribution in [-0.2, 0) is 0 Å². The number of carbonyl (C=O) groups excluding carboxylic acids is 1. The molecule has 2 aromatic rings. The second-order valence-corrected chi connectivity index (χ2v) is 7.88. The van der Waals surface area contributed by atoms with Gasteiger partial charge in [0.05, 0.1) is 16.9 Å². The van der Waals surface area contributed by atoms with Crippen LogP contribution < -0.4 is 10.3 Å². The maximum atomic E-state index is 13.0. The maximum Gasteiger partial charge on any atom is 0.211 e. The van der Waals surface area contributed by atoms with E-state index < -0.39 is 0 Å². The van der Waals surface area contributed by atoms with Crippen LogP contribution in [0.4, 0.5) is 11.5 Å². The number of ketones is 1. The van der Waals surface area contributed by atoms with E-state index in [9.17, 15) is 4.79 Å². The van der Waals surface area contributed by atoms with Gasteiger partial charge in [-0.1, -0.05) is 6.42 Å². The Morgan fingerprint density at radius 1 is 1.23 bits per heavy atom. The van der Waals surface area contributed by atoms with Gasteiger partial charge < -0.3 is 10.3 Å². The lowest BCUT2D eigenvalue weighted by atomic mass is 10.0. The van der Waals surface area contributed by atoms with Gasteiger partial charge in [0.1, 0.15) is 0 Å². The number of aromatic nitrogens is 2. The molecular weight excluding hydrogens is 326 g/mol. The number of piperidine rings is 1. The van der Waals surface area contributed by atoms with Gasteiger partial charge in [-0.2, -0.15) is 0 Å². The summed E-state index contributed by atoms with van der Waals surface area (Å²) in [5, 5.41) is 7.92. The first-order valence-corrected chi connectivity index (χ1v) is 9.31. The van der Waals surface area contributed by atoms with Gasteiger partial charge in [-0.25, -0.2) is 9.99 Å². The van der Waals surface area contributed by atoms with Crippen LogP contribution in [0.25, 0.3) is 0 Å². The van der Waals surface area contributed by atoms with Gasteiger partial charge in [-0.15, -0.1) is 0 Å². The number of H-pyrrole nitrogens is 1. The highest BCUT2D eigenvalue weighted by atomic mass is 16.1. The molecule has 0 spiro atoms. The van der Waals surface area contributed by atoms with E-state index in [2.05, 4.69) is 46.1 Å². The molecule has 26 heavy (non-hydrogen) atoms. The first-order chi connectivity index (χ1) is 12.4. The fourth-order valence-electron chi connectivity index (χ4n) is 3.31. The van der Waals surface area contributed by atoms with Crippen molar-refractivity contribution in [2.24, 2.45) is 0 Å². The minimum atomic E-state index is -0.189. The minimum absolute atomic E-state index is 0.0301. The van der Waals surface area contributed by atoms with Crippen LogP contribution in [0.1, 0.15) is 56.1 Å². The predicted molar refractivity (Wildman–Crippen MR) is 106 cm³/mol. The van der Waals surface area contributed by atoms with Crippen molar-refractivity contribution in [3.63, 3.8) is 0 Å². The fraction of sp³-hybridized carbons (Fsp3) is 0.500. The van der Waals surface area contributed by atoms with Gasteiger partial charge in [0.2, 0.25) is 5.78 Å². The molecule has 3 heterocycles. The van der Waals surface area contributed by atoms with Crippen molar-refractivity contribution in [2.45, 2.75) is 45.6 Å². The van der Waals surface area contributed by atoms with Crippen molar-refractivity contribution >= 4 is 17.3 Å². The van der Waals surface area contributed by atoms with Gasteiger partial charge in [0.15, 0.2) is 5.82 Å². The smallest absolute Gasteiger partial charge is 0.211 e. The highest BCUT2D eigenvalue weighted by Crippen LogP contribution is 2.32. The van der Waals surface area contributed by atoms with Crippen molar-refractivity contribution in [1.82, 2.24) is 15.0 Å². The van der Waals surface area contributed by atoms with E-state index in [4.69, 9.17) is 0 Å². The van der Waals surface area contributed by atoms with Crippen LogP contribution in [0.15, 0.2) is 30.6 Å². The molecule has 1 saturated heterocycles. The average molecular weight is 355 g/mol. The van der Waals surface area contributed by atoms with E-state index in [1.54, 1.807) is 24.5 Å². The molecule has 3 rings (SSSR count). The minimum Gasteiger partial charge on any atom is -0.377 e. The Morgan fingerprint density at radius 3 is 2.58 bits per heavy atom. The second kappa shape index (κ2) is 7.50. The number of rotatable bonds is 5. The zero-order valence-corrected chi connectivity index (χ0v) is 16.2. The van der Waals surface area contributed by atoms with Crippen molar-refractivity contribution in [1.29, 1.82) is 0 Å². The number of aromatic amines is 1. The third kappa shape index (κ3) is 4.07. The molecule has 0 unspecified atom stereocenters. The highest BCUT2D eigenvalue weighted by molar-refractivity contribution is 6.12. The Balaban J connectivity index is 2.02. The summed E-state index contributed by atoms with van der Waals surface area (Å²) >= 11 is 0. The number of nitrogens with zero attached hydrogens (tertiary/aromatic N) is 3. The number of anilines is 2. The number of carbonyl (C=O) groups is 1. The lowest BCUT2D eigenvalue weighted by molar-refractivity contribution is 0.103. The van der Waals surface area contributed by atoms with Gasteiger partial charge in [-0.05, 0) is 51.8 Å². The maximum absolute atomic E-state index is 13.0. The molecule has 2 aromatic heterocycles. The molecule has 0 saturated carbocycles. The van der Waals surface area contributed by atoms with Crippen LogP contribution in [-0.4, -0.2) is 46.4 Å². The van der Waals surface area contributed by atoms with Gasteiger partial charge >= 0.3 is 0 Å². The summed E-state index contributed by atoms with van der Waals surface area (Å²) in [6.07, 6.45) is 7.14. The largest absolute Gasteiger partial charge is 0.377 e. The summed E-state index contributed by atoms with van der Waals surface area (Å²) in [6, 6.07) is 5.44. The molecule has 1 fully saturated rings. The standard InChI is InChI=1S/C20H29N5O/c1-20(2,3)23-17-15(18(26)16-9-8-11-21-16)10-12-22-19(17)24(4)25-13-6-5-7-14-25/h8-12,21,23H,5-7,13-14H2,1-4H3. The summed E-state index contributed by atoms with van der Waals surface area (Å²) in [4.78, 5) is 20.7. The molecule has 1 aliphatic heterocycles. The third-order valence-electron chi connectivity index (χ3n) is 4.58. The second-order valence-electron chi connectivity index (χ2n) is 7.88. The van der Waals surface area contributed by atoms with E-state index in [0.717, 1.165) is 24.6 Å². The number of hydrazine groups is 1. The molecule has 0 bridgehead atoms. The quantitative estimate of drug-likeness (QED) is 0.801. The summed E-state index contributed by atoms with van der Waals surface area (Å²) < 4.78 is 0.